The maximum Gasteiger partial charge on any atom is 0.311 e. The van der Waals surface area contributed by atoms with Crippen LogP contribution in [-0.2, 0) is 9.59 Å². The topological polar surface area (TPSA) is 74.6 Å². The minimum absolute atomic E-state index is 0.486. The Morgan fingerprint density at radius 2 is 1.36 bits per heavy atom. The lowest BCUT2D eigenvalue weighted by Gasteiger charge is -2.43. The van der Waals surface area contributed by atoms with Gasteiger partial charge in [0, 0.05) is 11.8 Å². The van der Waals surface area contributed by atoms with Crippen molar-refractivity contribution in [2.75, 3.05) is 0 Å². The first kappa shape index (κ1) is 17.0. The molecule has 3 rings (SSSR count). The summed E-state index contributed by atoms with van der Waals surface area (Å²) in [7, 11) is 0. The van der Waals surface area contributed by atoms with Crippen molar-refractivity contribution >= 4 is 11.9 Å². The summed E-state index contributed by atoms with van der Waals surface area (Å²) >= 11 is 0. The third-order valence-corrected chi connectivity index (χ3v) is 5.23. The molecule has 4 nitrogen and oxygen atoms in total. The molecule has 0 heterocycles. The number of carboxylic acid groups (broad SMARTS) is 2. The molecule has 4 heteroatoms. The van der Waals surface area contributed by atoms with Gasteiger partial charge >= 0.3 is 11.9 Å². The number of carbonyl (C=O) groups is 2. The number of aliphatic carboxylic acids is 2. The predicted octanol–water partition coefficient (Wildman–Crippen LogP) is 3.92. The normalized spacial score (nSPS) is 28.4. The van der Waals surface area contributed by atoms with Crippen LogP contribution in [-0.4, -0.2) is 22.2 Å². The molecule has 25 heavy (non-hydrogen) atoms. The van der Waals surface area contributed by atoms with Gasteiger partial charge in [0.05, 0.1) is 11.3 Å². The van der Waals surface area contributed by atoms with E-state index < -0.39 is 35.1 Å². The highest BCUT2D eigenvalue weighted by molar-refractivity contribution is 5.86. The standard InChI is InChI=1S/C21H20O4/c1-21(20(24)25)17(15-10-6-3-7-11-15)13-12-16(18(21)19(22)23)14-8-4-2-5-9-14/h2-13,16-18H,1H3,(H,22,23)(H,24,25)/t16-,17+,18-,21+/m1/s1. The van der Waals surface area contributed by atoms with Gasteiger partial charge in [-0.25, -0.2) is 0 Å². The van der Waals surface area contributed by atoms with Crippen LogP contribution in [0.3, 0.4) is 0 Å². The Labute approximate surface area is 146 Å². The van der Waals surface area contributed by atoms with E-state index in [1.807, 2.05) is 72.8 Å². The van der Waals surface area contributed by atoms with Gasteiger partial charge in [0.2, 0.25) is 0 Å². The van der Waals surface area contributed by atoms with Gasteiger partial charge in [0.25, 0.3) is 0 Å². The van der Waals surface area contributed by atoms with Crippen LogP contribution in [0.4, 0.5) is 0 Å². The van der Waals surface area contributed by atoms with E-state index in [1.165, 1.54) is 0 Å². The highest BCUT2D eigenvalue weighted by atomic mass is 16.4. The molecule has 128 valence electrons. The van der Waals surface area contributed by atoms with Crippen molar-refractivity contribution in [2.45, 2.75) is 18.8 Å². The van der Waals surface area contributed by atoms with E-state index in [4.69, 9.17) is 0 Å². The molecular formula is C21H20O4. The number of allylic oxidation sites excluding steroid dienone is 2. The van der Waals surface area contributed by atoms with E-state index in [0.717, 1.165) is 11.1 Å². The van der Waals surface area contributed by atoms with Crippen LogP contribution >= 0.6 is 0 Å². The number of hydrogen-bond donors (Lipinski definition) is 2. The Balaban J connectivity index is 2.18. The number of hydrogen-bond acceptors (Lipinski definition) is 2. The number of benzene rings is 2. The summed E-state index contributed by atoms with van der Waals surface area (Å²) in [5, 5.41) is 19.9. The lowest BCUT2D eigenvalue weighted by molar-refractivity contribution is -0.163. The fourth-order valence-corrected chi connectivity index (χ4v) is 3.88. The van der Waals surface area contributed by atoms with Crippen molar-refractivity contribution < 1.29 is 19.8 Å². The van der Waals surface area contributed by atoms with Crippen LogP contribution in [0.5, 0.6) is 0 Å². The van der Waals surface area contributed by atoms with Crippen molar-refractivity contribution in [1.82, 2.24) is 0 Å². The molecule has 0 radical (unpaired) electrons. The van der Waals surface area contributed by atoms with Crippen molar-refractivity contribution in [3.05, 3.63) is 83.9 Å². The molecule has 0 aliphatic heterocycles. The molecule has 0 spiro atoms. The van der Waals surface area contributed by atoms with E-state index in [0.29, 0.717) is 0 Å². The summed E-state index contributed by atoms with van der Waals surface area (Å²) in [6.07, 6.45) is 3.69. The Morgan fingerprint density at radius 1 is 0.840 bits per heavy atom. The zero-order valence-corrected chi connectivity index (χ0v) is 13.9. The van der Waals surface area contributed by atoms with E-state index >= 15 is 0 Å². The highest BCUT2D eigenvalue weighted by Crippen LogP contribution is 2.52. The summed E-state index contributed by atoms with van der Waals surface area (Å²) in [5.74, 6) is -4.25. The number of rotatable bonds is 4. The monoisotopic (exact) mass is 336 g/mol. The van der Waals surface area contributed by atoms with Crippen molar-refractivity contribution in [1.29, 1.82) is 0 Å². The Hall–Kier alpha value is -2.88. The molecule has 0 saturated heterocycles. The van der Waals surface area contributed by atoms with Crippen LogP contribution in [0.2, 0.25) is 0 Å². The molecule has 2 aromatic carbocycles. The van der Waals surface area contributed by atoms with Gasteiger partial charge in [0.1, 0.15) is 0 Å². The molecule has 1 aliphatic rings. The molecule has 2 aromatic rings. The first-order valence-electron chi connectivity index (χ1n) is 8.20. The van der Waals surface area contributed by atoms with Crippen LogP contribution in [0.15, 0.2) is 72.8 Å². The molecule has 1 aliphatic carbocycles. The summed E-state index contributed by atoms with van der Waals surface area (Å²) in [6.45, 7) is 1.55. The molecule has 0 unspecified atom stereocenters. The van der Waals surface area contributed by atoms with Gasteiger partial charge in [-0.3, -0.25) is 9.59 Å². The smallest absolute Gasteiger partial charge is 0.311 e. The lowest BCUT2D eigenvalue weighted by Crippen LogP contribution is -2.48. The Bertz CT molecular complexity index is 797. The Morgan fingerprint density at radius 3 is 1.84 bits per heavy atom. The second-order valence-corrected chi connectivity index (χ2v) is 6.61. The minimum atomic E-state index is -1.46. The van der Waals surface area contributed by atoms with Gasteiger partial charge < -0.3 is 10.2 Å². The van der Waals surface area contributed by atoms with Crippen molar-refractivity contribution in [2.24, 2.45) is 11.3 Å². The second kappa shape index (κ2) is 6.55. The molecule has 0 aromatic heterocycles. The van der Waals surface area contributed by atoms with Gasteiger partial charge in [-0.15, -0.1) is 0 Å². The Kier molecular flexibility index (Phi) is 4.45. The van der Waals surface area contributed by atoms with Gasteiger partial charge in [-0.1, -0.05) is 72.8 Å². The zero-order valence-electron chi connectivity index (χ0n) is 13.9. The zero-order chi connectivity index (χ0) is 18.0. The van der Waals surface area contributed by atoms with E-state index in [-0.39, 0.29) is 0 Å². The third kappa shape index (κ3) is 2.84. The molecule has 0 saturated carbocycles. The molecule has 0 amide bonds. The van der Waals surface area contributed by atoms with Crippen LogP contribution in [0, 0.1) is 11.3 Å². The van der Waals surface area contributed by atoms with E-state index in [2.05, 4.69) is 0 Å². The maximum atomic E-state index is 12.3. The fourth-order valence-electron chi connectivity index (χ4n) is 3.88. The van der Waals surface area contributed by atoms with Crippen molar-refractivity contribution in [3.8, 4) is 0 Å². The summed E-state index contributed by atoms with van der Waals surface area (Å²) in [6, 6.07) is 18.4. The molecule has 4 atom stereocenters. The van der Waals surface area contributed by atoms with E-state index in [1.54, 1.807) is 6.92 Å². The number of carboxylic acids is 2. The molecule has 0 bridgehead atoms. The minimum Gasteiger partial charge on any atom is -0.481 e. The maximum absolute atomic E-state index is 12.3. The summed E-state index contributed by atoms with van der Waals surface area (Å²) < 4.78 is 0. The third-order valence-electron chi connectivity index (χ3n) is 5.23. The largest absolute Gasteiger partial charge is 0.481 e. The molecule has 2 N–H and O–H groups in total. The van der Waals surface area contributed by atoms with Gasteiger partial charge in [-0.05, 0) is 18.1 Å². The SMILES string of the molecule is C[C@]1(C(=O)O)[C@H](c2ccccc2)C=C[C@H](c2ccccc2)[C@@H]1C(=O)O. The quantitative estimate of drug-likeness (QED) is 0.830. The average Bonchev–Trinajstić information content (AvgIpc) is 2.62. The van der Waals surface area contributed by atoms with Crippen LogP contribution in [0.1, 0.15) is 29.9 Å². The molecule has 0 fully saturated rings. The summed E-state index contributed by atoms with van der Waals surface area (Å²) in [5.41, 5.74) is 0.161. The van der Waals surface area contributed by atoms with E-state index in [9.17, 15) is 19.8 Å². The summed E-state index contributed by atoms with van der Waals surface area (Å²) in [4.78, 5) is 24.4. The first-order valence-corrected chi connectivity index (χ1v) is 8.20. The highest BCUT2D eigenvalue weighted by Gasteiger charge is 2.55. The van der Waals surface area contributed by atoms with Gasteiger partial charge in [0.15, 0.2) is 0 Å². The molecular weight excluding hydrogens is 316 g/mol. The van der Waals surface area contributed by atoms with Crippen molar-refractivity contribution in [3.63, 3.8) is 0 Å². The average molecular weight is 336 g/mol. The lowest BCUT2D eigenvalue weighted by atomic mass is 9.57. The van der Waals surface area contributed by atoms with Gasteiger partial charge in [-0.2, -0.15) is 0 Å². The van der Waals surface area contributed by atoms with Crippen LogP contribution < -0.4 is 0 Å². The fraction of sp³-hybridized carbons (Fsp3) is 0.238. The van der Waals surface area contributed by atoms with Crippen LogP contribution in [0.25, 0.3) is 0 Å². The predicted molar refractivity (Wildman–Crippen MR) is 94.4 cm³/mol. The second-order valence-electron chi connectivity index (χ2n) is 6.61. The first-order chi connectivity index (χ1) is 12.0.